The minimum absolute atomic E-state index is 0.152. The van der Waals surface area contributed by atoms with Gasteiger partial charge >= 0.3 is 0 Å². The summed E-state index contributed by atoms with van der Waals surface area (Å²) in [7, 11) is -3.10. The minimum Gasteiger partial charge on any atom is -0.313 e. The summed E-state index contributed by atoms with van der Waals surface area (Å²) in [6, 6.07) is 0.152. The lowest BCUT2D eigenvalue weighted by atomic mass is 10.1. The van der Waals surface area contributed by atoms with Gasteiger partial charge in [-0.05, 0) is 44.1 Å². The molecule has 1 saturated carbocycles. The number of piperidine rings is 1. The van der Waals surface area contributed by atoms with Crippen LogP contribution in [0, 0.1) is 11.8 Å². The highest BCUT2D eigenvalue weighted by atomic mass is 32.2. The lowest BCUT2D eigenvalue weighted by Crippen LogP contribution is -2.43. The molecule has 18 heavy (non-hydrogen) atoms. The monoisotopic (exact) mass is 274 g/mol. The summed E-state index contributed by atoms with van der Waals surface area (Å²) < 4.78 is 26.8. The van der Waals surface area contributed by atoms with E-state index in [0.29, 0.717) is 12.5 Å². The molecule has 106 valence electrons. The van der Waals surface area contributed by atoms with Crippen molar-refractivity contribution in [2.45, 2.75) is 51.5 Å². The third kappa shape index (κ3) is 4.52. The summed E-state index contributed by atoms with van der Waals surface area (Å²) in [6.07, 6.45) is 6.89. The number of sulfonamides is 1. The third-order valence-electron chi connectivity index (χ3n) is 4.23. The van der Waals surface area contributed by atoms with Crippen molar-refractivity contribution in [2.75, 3.05) is 18.8 Å². The first-order valence-corrected chi connectivity index (χ1v) is 8.91. The second-order valence-electron chi connectivity index (χ2n) is 6.06. The Labute approximate surface area is 111 Å². The standard InChI is InChI=1S/C13H26N2O2S/c1-11-5-6-12(8-11)9-15-18(16,17)10-13-4-2-3-7-14-13/h11-15H,2-10H2,1H3. The van der Waals surface area contributed by atoms with E-state index in [-0.39, 0.29) is 11.8 Å². The molecule has 5 heteroatoms. The maximum atomic E-state index is 12.0. The van der Waals surface area contributed by atoms with Crippen LogP contribution in [-0.2, 0) is 10.0 Å². The van der Waals surface area contributed by atoms with Gasteiger partial charge in [0.25, 0.3) is 0 Å². The molecule has 0 aromatic heterocycles. The van der Waals surface area contributed by atoms with Crippen molar-refractivity contribution in [2.24, 2.45) is 11.8 Å². The van der Waals surface area contributed by atoms with Crippen molar-refractivity contribution in [3.05, 3.63) is 0 Å². The van der Waals surface area contributed by atoms with Crippen LogP contribution in [0.3, 0.4) is 0 Å². The smallest absolute Gasteiger partial charge is 0.213 e. The van der Waals surface area contributed by atoms with Gasteiger partial charge in [-0.3, -0.25) is 0 Å². The first-order chi connectivity index (χ1) is 8.55. The van der Waals surface area contributed by atoms with Gasteiger partial charge in [-0.15, -0.1) is 0 Å². The second kappa shape index (κ2) is 6.35. The summed E-state index contributed by atoms with van der Waals surface area (Å²) >= 11 is 0. The predicted molar refractivity (Wildman–Crippen MR) is 73.9 cm³/mol. The number of hydrogen-bond acceptors (Lipinski definition) is 3. The van der Waals surface area contributed by atoms with Crippen molar-refractivity contribution in [1.29, 1.82) is 0 Å². The molecule has 4 nitrogen and oxygen atoms in total. The van der Waals surface area contributed by atoms with Crippen molar-refractivity contribution < 1.29 is 8.42 Å². The molecule has 1 saturated heterocycles. The Hall–Kier alpha value is -0.130. The first-order valence-electron chi connectivity index (χ1n) is 7.26. The van der Waals surface area contributed by atoms with E-state index in [4.69, 9.17) is 0 Å². The van der Waals surface area contributed by atoms with Crippen LogP contribution in [-0.4, -0.2) is 33.3 Å². The molecule has 0 aromatic carbocycles. The highest BCUT2D eigenvalue weighted by Crippen LogP contribution is 2.29. The fraction of sp³-hybridized carbons (Fsp3) is 1.00. The molecular formula is C13H26N2O2S. The van der Waals surface area contributed by atoms with E-state index >= 15 is 0 Å². The highest BCUT2D eigenvalue weighted by molar-refractivity contribution is 7.89. The molecule has 0 amide bonds. The van der Waals surface area contributed by atoms with E-state index in [2.05, 4.69) is 17.0 Å². The van der Waals surface area contributed by atoms with E-state index in [1.54, 1.807) is 0 Å². The number of hydrogen-bond donors (Lipinski definition) is 2. The molecular weight excluding hydrogens is 248 g/mol. The topological polar surface area (TPSA) is 58.2 Å². The molecule has 2 fully saturated rings. The molecule has 1 aliphatic heterocycles. The largest absolute Gasteiger partial charge is 0.313 e. The van der Waals surface area contributed by atoms with Crippen LogP contribution >= 0.6 is 0 Å². The Bertz CT molecular complexity index is 350. The maximum Gasteiger partial charge on any atom is 0.213 e. The number of nitrogens with one attached hydrogen (secondary N) is 2. The summed E-state index contributed by atoms with van der Waals surface area (Å²) in [5.41, 5.74) is 0. The lowest BCUT2D eigenvalue weighted by molar-refractivity contribution is 0.421. The van der Waals surface area contributed by atoms with Gasteiger partial charge in [0.2, 0.25) is 10.0 Å². The van der Waals surface area contributed by atoms with E-state index in [0.717, 1.165) is 25.3 Å². The summed E-state index contributed by atoms with van der Waals surface area (Å²) in [5.74, 6) is 1.56. The average molecular weight is 274 g/mol. The quantitative estimate of drug-likeness (QED) is 0.798. The molecule has 0 aromatic rings. The van der Waals surface area contributed by atoms with Crippen LogP contribution in [0.25, 0.3) is 0 Å². The van der Waals surface area contributed by atoms with Crippen molar-refractivity contribution in [3.63, 3.8) is 0 Å². The Morgan fingerprint density at radius 1 is 1.22 bits per heavy atom. The highest BCUT2D eigenvalue weighted by Gasteiger charge is 2.25. The van der Waals surface area contributed by atoms with Gasteiger partial charge in [-0.2, -0.15) is 0 Å². The molecule has 0 radical (unpaired) electrons. The van der Waals surface area contributed by atoms with Crippen molar-refractivity contribution in [1.82, 2.24) is 10.0 Å². The van der Waals surface area contributed by atoms with Crippen LogP contribution < -0.4 is 10.0 Å². The zero-order valence-corrected chi connectivity index (χ0v) is 12.1. The first kappa shape index (κ1) is 14.3. The maximum absolute atomic E-state index is 12.0. The number of rotatable bonds is 5. The Morgan fingerprint density at radius 2 is 2.06 bits per heavy atom. The van der Waals surface area contributed by atoms with E-state index in [1.807, 2.05) is 0 Å². The fourth-order valence-electron chi connectivity index (χ4n) is 3.15. The molecule has 3 atom stereocenters. The third-order valence-corrected chi connectivity index (χ3v) is 5.68. The van der Waals surface area contributed by atoms with Crippen molar-refractivity contribution >= 4 is 10.0 Å². The molecule has 2 rings (SSSR count). The van der Waals surface area contributed by atoms with Gasteiger partial charge in [0, 0.05) is 12.6 Å². The van der Waals surface area contributed by atoms with Gasteiger partial charge in [-0.25, -0.2) is 13.1 Å². The molecule has 0 bridgehead atoms. The second-order valence-corrected chi connectivity index (χ2v) is 7.91. The Balaban J connectivity index is 1.73. The van der Waals surface area contributed by atoms with Crippen LogP contribution in [0.1, 0.15) is 45.4 Å². The molecule has 2 N–H and O–H groups in total. The molecule has 2 aliphatic rings. The average Bonchev–Trinajstić information content (AvgIpc) is 2.74. The van der Waals surface area contributed by atoms with E-state index in [9.17, 15) is 8.42 Å². The summed E-state index contributed by atoms with van der Waals surface area (Å²) in [5, 5.41) is 3.29. The van der Waals surface area contributed by atoms with Crippen LogP contribution in [0.2, 0.25) is 0 Å². The minimum atomic E-state index is -3.10. The van der Waals surface area contributed by atoms with Crippen LogP contribution in [0.5, 0.6) is 0 Å². The predicted octanol–water partition coefficient (Wildman–Crippen LogP) is 1.48. The zero-order chi connectivity index (χ0) is 13.0. The van der Waals surface area contributed by atoms with E-state index in [1.165, 1.54) is 25.7 Å². The zero-order valence-electron chi connectivity index (χ0n) is 11.3. The summed E-state index contributed by atoms with van der Waals surface area (Å²) in [6.45, 7) is 3.85. The molecule has 0 spiro atoms. The SMILES string of the molecule is CC1CCC(CNS(=O)(=O)CC2CCCCN2)C1. The summed E-state index contributed by atoms with van der Waals surface area (Å²) in [4.78, 5) is 0. The van der Waals surface area contributed by atoms with Gasteiger partial charge in [0.1, 0.15) is 0 Å². The van der Waals surface area contributed by atoms with Crippen molar-refractivity contribution in [3.8, 4) is 0 Å². The van der Waals surface area contributed by atoms with Crippen LogP contribution in [0.4, 0.5) is 0 Å². The molecule has 1 heterocycles. The molecule has 1 aliphatic carbocycles. The van der Waals surface area contributed by atoms with Gasteiger partial charge in [0.15, 0.2) is 0 Å². The van der Waals surface area contributed by atoms with Gasteiger partial charge < -0.3 is 5.32 Å². The fourth-order valence-corrected chi connectivity index (χ4v) is 4.57. The van der Waals surface area contributed by atoms with Gasteiger partial charge in [0.05, 0.1) is 5.75 Å². The Morgan fingerprint density at radius 3 is 2.67 bits per heavy atom. The molecule has 3 unspecified atom stereocenters. The van der Waals surface area contributed by atoms with Gasteiger partial charge in [-0.1, -0.05) is 19.8 Å². The van der Waals surface area contributed by atoms with Crippen LogP contribution in [0.15, 0.2) is 0 Å². The lowest BCUT2D eigenvalue weighted by Gasteiger charge is -2.23. The van der Waals surface area contributed by atoms with E-state index < -0.39 is 10.0 Å². The Kier molecular flexibility index (Phi) is 5.04. The normalized spacial score (nSPS) is 33.7.